The number of hydrogen-bond donors (Lipinski definition) is 1. The van der Waals surface area contributed by atoms with Crippen LogP contribution < -0.4 is 5.73 Å². The van der Waals surface area contributed by atoms with E-state index in [9.17, 15) is 4.79 Å². The highest BCUT2D eigenvalue weighted by Crippen LogP contribution is 2.02. The smallest absolute Gasteiger partial charge is 0.305 e. The summed E-state index contributed by atoms with van der Waals surface area (Å²) in [4.78, 5) is 10.6. The van der Waals surface area contributed by atoms with Crippen LogP contribution in [0.3, 0.4) is 0 Å². The zero-order valence-electron chi connectivity index (χ0n) is 7.30. The Balaban J connectivity index is 3.08. The largest absolute Gasteiger partial charge is 0.469 e. The van der Waals surface area contributed by atoms with Gasteiger partial charge in [0.1, 0.15) is 0 Å². The van der Waals surface area contributed by atoms with Crippen molar-refractivity contribution >= 4 is 5.97 Å². The number of nitrogens with two attached hydrogens (primary N) is 1. The molecule has 0 rings (SSSR count). The van der Waals surface area contributed by atoms with Crippen LogP contribution >= 0.6 is 0 Å². The molecule has 0 amide bonds. The molecule has 0 heterocycles. The maximum Gasteiger partial charge on any atom is 0.305 e. The van der Waals surface area contributed by atoms with Crippen molar-refractivity contribution in [1.82, 2.24) is 0 Å². The molecular formula is C8H17NO2. The second-order valence-electron chi connectivity index (χ2n) is 2.80. The van der Waals surface area contributed by atoms with Crippen molar-refractivity contribution in [2.45, 2.75) is 38.6 Å². The summed E-state index contributed by atoms with van der Waals surface area (Å²) in [5, 5.41) is 0. The van der Waals surface area contributed by atoms with E-state index in [1.54, 1.807) is 0 Å². The molecule has 66 valence electrons. The molecule has 0 radical (unpaired) electrons. The summed E-state index contributed by atoms with van der Waals surface area (Å²) in [7, 11) is 1.41. The van der Waals surface area contributed by atoms with Gasteiger partial charge in [-0.3, -0.25) is 4.79 Å². The lowest BCUT2D eigenvalue weighted by Gasteiger charge is -2.02. The van der Waals surface area contributed by atoms with E-state index in [1.807, 2.05) is 6.92 Å². The van der Waals surface area contributed by atoms with Crippen molar-refractivity contribution in [2.75, 3.05) is 7.11 Å². The first-order valence-electron chi connectivity index (χ1n) is 3.99. The zero-order valence-corrected chi connectivity index (χ0v) is 7.30. The summed E-state index contributed by atoms with van der Waals surface area (Å²) in [5.74, 6) is -0.130. The number of ether oxygens (including phenoxy) is 1. The van der Waals surface area contributed by atoms with Gasteiger partial charge >= 0.3 is 5.97 Å². The Morgan fingerprint density at radius 2 is 2.18 bits per heavy atom. The van der Waals surface area contributed by atoms with Gasteiger partial charge in [0.05, 0.1) is 7.11 Å². The Morgan fingerprint density at radius 3 is 2.64 bits per heavy atom. The van der Waals surface area contributed by atoms with Gasteiger partial charge < -0.3 is 10.5 Å². The highest BCUT2D eigenvalue weighted by Gasteiger charge is 1.99. The maximum atomic E-state index is 10.6. The van der Waals surface area contributed by atoms with E-state index >= 15 is 0 Å². The third kappa shape index (κ3) is 7.33. The van der Waals surface area contributed by atoms with Crippen molar-refractivity contribution in [3.63, 3.8) is 0 Å². The number of hydrogen-bond acceptors (Lipinski definition) is 3. The third-order valence-electron chi connectivity index (χ3n) is 1.52. The van der Waals surface area contributed by atoms with Gasteiger partial charge in [-0.1, -0.05) is 6.42 Å². The summed E-state index contributed by atoms with van der Waals surface area (Å²) >= 11 is 0. The Morgan fingerprint density at radius 1 is 1.55 bits per heavy atom. The average Bonchev–Trinajstić information content (AvgIpc) is 1.97. The second kappa shape index (κ2) is 6.16. The molecule has 0 aromatic heterocycles. The summed E-state index contributed by atoms with van der Waals surface area (Å²) in [5.41, 5.74) is 5.53. The molecular weight excluding hydrogens is 142 g/mol. The van der Waals surface area contributed by atoms with Crippen molar-refractivity contribution < 1.29 is 9.53 Å². The summed E-state index contributed by atoms with van der Waals surface area (Å²) in [6.45, 7) is 1.97. The van der Waals surface area contributed by atoms with Crippen LogP contribution in [0, 0.1) is 0 Å². The highest BCUT2D eigenvalue weighted by atomic mass is 16.5. The van der Waals surface area contributed by atoms with Crippen molar-refractivity contribution in [3.05, 3.63) is 0 Å². The van der Waals surface area contributed by atoms with E-state index in [4.69, 9.17) is 5.73 Å². The minimum Gasteiger partial charge on any atom is -0.469 e. The third-order valence-corrected chi connectivity index (χ3v) is 1.52. The molecule has 0 unspecified atom stereocenters. The molecule has 0 aliphatic carbocycles. The van der Waals surface area contributed by atoms with E-state index in [0.717, 1.165) is 19.3 Å². The Hall–Kier alpha value is -0.570. The van der Waals surface area contributed by atoms with Crippen molar-refractivity contribution in [2.24, 2.45) is 5.73 Å². The molecule has 0 aliphatic heterocycles. The number of rotatable bonds is 5. The first-order chi connectivity index (χ1) is 5.16. The Labute approximate surface area is 67.9 Å². The minimum absolute atomic E-state index is 0.130. The van der Waals surface area contributed by atoms with E-state index in [-0.39, 0.29) is 12.0 Å². The standard InChI is InChI=1S/C8H17NO2/c1-7(9)5-3-4-6-8(10)11-2/h7H,3-6,9H2,1-2H3/t7-/m1/s1. The number of carbonyl (C=O) groups is 1. The van der Waals surface area contributed by atoms with Crippen molar-refractivity contribution in [1.29, 1.82) is 0 Å². The van der Waals surface area contributed by atoms with Gasteiger partial charge in [-0.15, -0.1) is 0 Å². The summed E-state index contributed by atoms with van der Waals surface area (Å²) in [6, 6.07) is 0.243. The Bertz CT molecular complexity index is 113. The fourth-order valence-electron chi connectivity index (χ4n) is 0.838. The minimum atomic E-state index is -0.130. The van der Waals surface area contributed by atoms with Crippen LogP contribution in [0.15, 0.2) is 0 Å². The van der Waals surface area contributed by atoms with Crippen LogP contribution in [0.1, 0.15) is 32.6 Å². The molecule has 0 aromatic rings. The highest BCUT2D eigenvalue weighted by molar-refractivity contribution is 5.68. The molecule has 0 saturated carbocycles. The van der Waals surface area contributed by atoms with Gasteiger partial charge in [0.15, 0.2) is 0 Å². The lowest BCUT2D eigenvalue weighted by Crippen LogP contribution is -2.14. The van der Waals surface area contributed by atoms with E-state index in [0.29, 0.717) is 6.42 Å². The Kier molecular flexibility index (Phi) is 5.84. The maximum absolute atomic E-state index is 10.6. The molecule has 0 aromatic carbocycles. The molecule has 2 N–H and O–H groups in total. The zero-order chi connectivity index (χ0) is 8.69. The lowest BCUT2D eigenvalue weighted by atomic mass is 10.1. The monoisotopic (exact) mass is 159 g/mol. The van der Waals surface area contributed by atoms with Crippen LogP contribution in [0.5, 0.6) is 0 Å². The molecule has 1 atom stereocenters. The molecule has 0 aliphatic rings. The second-order valence-corrected chi connectivity index (χ2v) is 2.80. The molecule has 0 fully saturated rings. The van der Waals surface area contributed by atoms with Crippen LogP contribution in [0.2, 0.25) is 0 Å². The topological polar surface area (TPSA) is 52.3 Å². The van der Waals surface area contributed by atoms with Gasteiger partial charge in [-0.05, 0) is 19.8 Å². The van der Waals surface area contributed by atoms with Crippen LogP contribution in [0.25, 0.3) is 0 Å². The van der Waals surface area contributed by atoms with Gasteiger partial charge in [-0.2, -0.15) is 0 Å². The molecule has 11 heavy (non-hydrogen) atoms. The summed E-state index contributed by atoms with van der Waals surface area (Å²) < 4.78 is 4.49. The first-order valence-corrected chi connectivity index (χ1v) is 3.99. The van der Waals surface area contributed by atoms with E-state index in [2.05, 4.69) is 4.74 Å². The van der Waals surface area contributed by atoms with E-state index < -0.39 is 0 Å². The number of esters is 1. The normalized spacial score (nSPS) is 12.6. The van der Waals surface area contributed by atoms with E-state index in [1.165, 1.54) is 7.11 Å². The predicted octanol–water partition coefficient (Wildman–Crippen LogP) is 1.07. The number of carbonyl (C=O) groups excluding carboxylic acids is 1. The van der Waals surface area contributed by atoms with Gasteiger partial charge in [0.2, 0.25) is 0 Å². The quantitative estimate of drug-likeness (QED) is 0.482. The predicted molar refractivity (Wildman–Crippen MR) is 44.1 cm³/mol. The summed E-state index contributed by atoms with van der Waals surface area (Å²) in [6.07, 6.45) is 3.39. The fourth-order valence-corrected chi connectivity index (χ4v) is 0.838. The lowest BCUT2D eigenvalue weighted by molar-refractivity contribution is -0.140. The molecule has 0 bridgehead atoms. The SMILES string of the molecule is COC(=O)CCCC[C@@H](C)N. The van der Waals surface area contributed by atoms with Gasteiger partial charge in [-0.25, -0.2) is 0 Å². The molecule has 3 heteroatoms. The van der Waals surface area contributed by atoms with Crippen molar-refractivity contribution in [3.8, 4) is 0 Å². The number of methoxy groups -OCH3 is 1. The van der Waals surface area contributed by atoms with Crippen LogP contribution in [-0.2, 0) is 9.53 Å². The van der Waals surface area contributed by atoms with Crippen LogP contribution in [0.4, 0.5) is 0 Å². The molecule has 0 saturated heterocycles. The molecule has 3 nitrogen and oxygen atoms in total. The average molecular weight is 159 g/mol. The van der Waals surface area contributed by atoms with Gasteiger partial charge in [0, 0.05) is 12.5 Å². The fraction of sp³-hybridized carbons (Fsp3) is 0.875. The number of unbranched alkanes of at least 4 members (excludes halogenated alkanes) is 1. The van der Waals surface area contributed by atoms with Gasteiger partial charge in [0.25, 0.3) is 0 Å². The van der Waals surface area contributed by atoms with Crippen LogP contribution in [-0.4, -0.2) is 19.1 Å². The molecule has 0 spiro atoms. The first kappa shape index (κ1) is 10.4.